The third-order valence-electron chi connectivity index (χ3n) is 4.88. The van der Waals surface area contributed by atoms with Gasteiger partial charge in [0.25, 0.3) is 0 Å². The van der Waals surface area contributed by atoms with Crippen LogP contribution in [0, 0.1) is 0 Å². The van der Waals surface area contributed by atoms with Crippen molar-refractivity contribution in [3.05, 3.63) is 35.9 Å². The molecule has 2 aliphatic rings. The number of piperazine rings is 1. The van der Waals surface area contributed by atoms with Gasteiger partial charge < -0.3 is 14.9 Å². The number of likely N-dealkylation sites (tertiary alicyclic amines) is 1. The van der Waals surface area contributed by atoms with Gasteiger partial charge in [-0.25, -0.2) is 4.79 Å². The number of aliphatic hydroxyl groups excluding tert-OH is 1. The largest absolute Gasteiger partial charge is 0.387 e. The number of nitrogens with zero attached hydrogens (tertiary/aromatic N) is 3. The van der Waals surface area contributed by atoms with Crippen molar-refractivity contribution >= 4 is 6.03 Å². The van der Waals surface area contributed by atoms with E-state index in [-0.39, 0.29) is 6.03 Å². The molecule has 0 radical (unpaired) electrons. The Morgan fingerprint density at radius 1 is 0.913 bits per heavy atom. The Morgan fingerprint density at radius 2 is 1.52 bits per heavy atom. The lowest BCUT2D eigenvalue weighted by Crippen LogP contribution is -2.54. The topological polar surface area (TPSA) is 47.0 Å². The zero-order valence-electron chi connectivity index (χ0n) is 13.7. The molecule has 2 amide bonds. The first-order valence-corrected chi connectivity index (χ1v) is 8.73. The normalized spacial score (nSPS) is 21.3. The van der Waals surface area contributed by atoms with E-state index < -0.39 is 6.10 Å². The van der Waals surface area contributed by atoms with Crippen molar-refractivity contribution in [2.45, 2.75) is 25.4 Å². The Bertz CT molecular complexity index is 494. The average Bonchev–Trinajstić information content (AvgIpc) is 2.63. The molecule has 2 saturated heterocycles. The molecule has 2 heterocycles. The highest BCUT2D eigenvalue weighted by Gasteiger charge is 2.26. The number of hydrogen-bond donors (Lipinski definition) is 1. The summed E-state index contributed by atoms with van der Waals surface area (Å²) in [6, 6.07) is 9.98. The van der Waals surface area contributed by atoms with Crippen molar-refractivity contribution in [2.24, 2.45) is 0 Å². The summed E-state index contributed by atoms with van der Waals surface area (Å²) in [7, 11) is 0. The monoisotopic (exact) mass is 317 g/mol. The molecule has 1 aromatic rings. The number of carbonyl (C=O) groups excluding carboxylic acids is 1. The summed E-state index contributed by atoms with van der Waals surface area (Å²) < 4.78 is 0. The maximum absolute atomic E-state index is 12.5. The molecule has 5 heteroatoms. The standard InChI is InChI=1S/C18H27N3O2/c22-17(16-7-3-1-4-8-16)15-19-11-13-21(14-12-19)18(23)20-9-5-2-6-10-20/h1,3-4,7-8,17,22H,2,5-6,9-15H2/t17-/m0/s1. The minimum Gasteiger partial charge on any atom is -0.387 e. The van der Waals surface area contributed by atoms with Gasteiger partial charge in [-0.05, 0) is 24.8 Å². The van der Waals surface area contributed by atoms with Crippen LogP contribution in [-0.4, -0.2) is 71.7 Å². The fourth-order valence-electron chi connectivity index (χ4n) is 3.43. The van der Waals surface area contributed by atoms with Crippen LogP contribution in [0.25, 0.3) is 0 Å². The first-order chi connectivity index (χ1) is 11.2. The van der Waals surface area contributed by atoms with Gasteiger partial charge in [-0.3, -0.25) is 4.90 Å². The SMILES string of the molecule is O=C(N1CCCCC1)N1CCN(C[C@H](O)c2ccccc2)CC1. The van der Waals surface area contributed by atoms with Crippen molar-refractivity contribution in [3.8, 4) is 0 Å². The molecule has 5 nitrogen and oxygen atoms in total. The molecule has 0 unspecified atom stereocenters. The molecule has 0 bridgehead atoms. The van der Waals surface area contributed by atoms with Crippen molar-refractivity contribution in [3.63, 3.8) is 0 Å². The quantitative estimate of drug-likeness (QED) is 0.927. The number of aliphatic hydroxyl groups is 1. The molecular formula is C18H27N3O2. The average molecular weight is 317 g/mol. The Kier molecular flexibility index (Phi) is 5.51. The lowest BCUT2D eigenvalue weighted by Gasteiger charge is -2.39. The van der Waals surface area contributed by atoms with Gasteiger partial charge in [0.15, 0.2) is 0 Å². The lowest BCUT2D eigenvalue weighted by atomic mass is 10.1. The van der Waals surface area contributed by atoms with Crippen LogP contribution >= 0.6 is 0 Å². The van der Waals surface area contributed by atoms with Crippen LogP contribution in [0.15, 0.2) is 30.3 Å². The zero-order valence-corrected chi connectivity index (χ0v) is 13.7. The van der Waals surface area contributed by atoms with Crippen molar-refractivity contribution in [1.82, 2.24) is 14.7 Å². The molecule has 1 aromatic carbocycles. The molecule has 1 atom stereocenters. The molecule has 0 aliphatic carbocycles. The minimum atomic E-state index is -0.458. The number of urea groups is 1. The Labute approximate surface area is 138 Å². The summed E-state index contributed by atoms with van der Waals surface area (Å²) >= 11 is 0. The van der Waals surface area contributed by atoms with Gasteiger partial charge in [0.05, 0.1) is 6.10 Å². The van der Waals surface area contributed by atoms with Gasteiger partial charge in [-0.2, -0.15) is 0 Å². The van der Waals surface area contributed by atoms with E-state index in [0.717, 1.165) is 57.7 Å². The Hall–Kier alpha value is -1.59. The van der Waals surface area contributed by atoms with E-state index in [4.69, 9.17) is 0 Å². The number of hydrogen-bond acceptors (Lipinski definition) is 3. The van der Waals surface area contributed by atoms with Crippen LogP contribution in [0.2, 0.25) is 0 Å². The molecule has 2 fully saturated rings. The molecule has 23 heavy (non-hydrogen) atoms. The van der Waals surface area contributed by atoms with E-state index in [0.29, 0.717) is 6.54 Å². The van der Waals surface area contributed by atoms with Gasteiger partial charge >= 0.3 is 6.03 Å². The fraction of sp³-hybridized carbons (Fsp3) is 0.611. The second-order valence-corrected chi connectivity index (χ2v) is 6.54. The van der Waals surface area contributed by atoms with E-state index in [2.05, 4.69) is 4.90 Å². The van der Waals surface area contributed by atoms with Crippen molar-refractivity contribution < 1.29 is 9.90 Å². The summed E-state index contributed by atoms with van der Waals surface area (Å²) in [6.07, 6.45) is 3.05. The predicted molar refractivity (Wildman–Crippen MR) is 90.2 cm³/mol. The van der Waals surface area contributed by atoms with Gasteiger partial charge in [-0.1, -0.05) is 30.3 Å². The van der Waals surface area contributed by atoms with Crippen molar-refractivity contribution in [1.29, 1.82) is 0 Å². The summed E-state index contributed by atoms with van der Waals surface area (Å²) in [5.41, 5.74) is 0.958. The molecular weight excluding hydrogens is 290 g/mol. The van der Waals surface area contributed by atoms with Crippen LogP contribution < -0.4 is 0 Å². The highest BCUT2D eigenvalue weighted by atomic mass is 16.3. The number of piperidine rings is 1. The Balaban J connectivity index is 1.45. The third-order valence-corrected chi connectivity index (χ3v) is 4.88. The maximum atomic E-state index is 12.5. The van der Waals surface area contributed by atoms with E-state index in [1.807, 2.05) is 40.1 Å². The molecule has 2 aliphatic heterocycles. The van der Waals surface area contributed by atoms with Crippen LogP contribution in [-0.2, 0) is 0 Å². The van der Waals surface area contributed by atoms with E-state index in [1.165, 1.54) is 6.42 Å². The van der Waals surface area contributed by atoms with Gasteiger partial charge in [0, 0.05) is 45.8 Å². The number of amides is 2. The Morgan fingerprint density at radius 3 is 2.17 bits per heavy atom. The molecule has 0 saturated carbocycles. The number of benzene rings is 1. The smallest absolute Gasteiger partial charge is 0.320 e. The highest BCUT2D eigenvalue weighted by molar-refractivity contribution is 5.74. The van der Waals surface area contributed by atoms with Crippen LogP contribution in [0.5, 0.6) is 0 Å². The lowest BCUT2D eigenvalue weighted by molar-refractivity contribution is 0.0712. The number of β-amino-alcohol motifs (C(OH)–C–C–N with tert-alkyl or cyclic N) is 1. The van der Waals surface area contributed by atoms with Gasteiger partial charge in [0.2, 0.25) is 0 Å². The maximum Gasteiger partial charge on any atom is 0.320 e. The molecule has 1 N–H and O–H groups in total. The minimum absolute atomic E-state index is 0.202. The van der Waals surface area contributed by atoms with Gasteiger partial charge in [0.1, 0.15) is 0 Å². The third kappa shape index (κ3) is 4.24. The number of rotatable bonds is 3. The summed E-state index contributed by atoms with van der Waals surface area (Å²) in [5, 5.41) is 10.3. The first kappa shape index (κ1) is 16.3. The summed E-state index contributed by atoms with van der Waals surface area (Å²) in [5.74, 6) is 0. The van der Waals surface area contributed by atoms with E-state index in [1.54, 1.807) is 0 Å². The molecule has 126 valence electrons. The summed E-state index contributed by atoms with van der Waals surface area (Å²) in [4.78, 5) is 18.7. The second kappa shape index (κ2) is 7.79. The number of carbonyl (C=O) groups is 1. The van der Waals surface area contributed by atoms with Crippen LogP contribution in [0.4, 0.5) is 4.79 Å². The van der Waals surface area contributed by atoms with E-state index in [9.17, 15) is 9.90 Å². The summed E-state index contributed by atoms with van der Waals surface area (Å²) in [6.45, 7) is 5.65. The van der Waals surface area contributed by atoms with Crippen LogP contribution in [0.3, 0.4) is 0 Å². The zero-order chi connectivity index (χ0) is 16.1. The molecule has 0 spiro atoms. The predicted octanol–water partition coefficient (Wildman–Crippen LogP) is 1.94. The highest BCUT2D eigenvalue weighted by Crippen LogP contribution is 2.16. The van der Waals surface area contributed by atoms with Gasteiger partial charge in [-0.15, -0.1) is 0 Å². The second-order valence-electron chi connectivity index (χ2n) is 6.54. The first-order valence-electron chi connectivity index (χ1n) is 8.73. The van der Waals surface area contributed by atoms with Crippen molar-refractivity contribution in [2.75, 3.05) is 45.8 Å². The fourth-order valence-corrected chi connectivity index (χ4v) is 3.43. The van der Waals surface area contributed by atoms with E-state index >= 15 is 0 Å². The van der Waals surface area contributed by atoms with Crippen LogP contribution in [0.1, 0.15) is 30.9 Å². The molecule has 0 aromatic heterocycles. The molecule has 3 rings (SSSR count).